The van der Waals surface area contributed by atoms with Gasteiger partial charge in [-0.05, 0) is 32.9 Å². The molecule has 0 aromatic rings. The first-order chi connectivity index (χ1) is 8.26. The molecule has 1 saturated heterocycles. The molecule has 100 valence electrons. The van der Waals surface area contributed by atoms with Gasteiger partial charge in [0.05, 0.1) is 6.61 Å². The van der Waals surface area contributed by atoms with Crippen LogP contribution >= 0.6 is 0 Å². The van der Waals surface area contributed by atoms with Crippen LogP contribution in [0.4, 0.5) is 0 Å². The van der Waals surface area contributed by atoms with Gasteiger partial charge in [0.1, 0.15) is 0 Å². The van der Waals surface area contributed by atoms with Crippen molar-refractivity contribution in [2.75, 3.05) is 53.5 Å². The zero-order valence-corrected chi connectivity index (χ0v) is 11.3. The topological polar surface area (TPSA) is 48.9 Å². The predicted octanol–water partition coefficient (Wildman–Crippen LogP) is 0.140. The lowest BCUT2D eigenvalue weighted by molar-refractivity contribution is 0.152. The second kappa shape index (κ2) is 8.31. The fraction of sp³-hybridized carbons (Fsp3) is 0.917. The fourth-order valence-electron chi connectivity index (χ4n) is 2.04. The summed E-state index contributed by atoms with van der Waals surface area (Å²) in [4.78, 5) is 6.56. The van der Waals surface area contributed by atoms with Gasteiger partial charge in [0, 0.05) is 33.3 Å². The van der Waals surface area contributed by atoms with Crippen LogP contribution in [-0.4, -0.2) is 64.3 Å². The number of nitrogens with one attached hydrogen (secondary N) is 2. The Hall–Kier alpha value is -0.810. The third-order valence-corrected chi connectivity index (χ3v) is 3.01. The van der Waals surface area contributed by atoms with Gasteiger partial charge in [0.15, 0.2) is 5.96 Å². The highest BCUT2D eigenvalue weighted by atomic mass is 16.5. The lowest BCUT2D eigenvalue weighted by atomic mass is 10.1. The van der Waals surface area contributed by atoms with Crippen molar-refractivity contribution in [1.29, 1.82) is 0 Å². The second-order valence-corrected chi connectivity index (χ2v) is 4.49. The first-order valence-electron chi connectivity index (χ1n) is 6.47. The number of ether oxygens (including phenoxy) is 1. The molecule has 0 bridgehead atoms. The van der Waals surface area contributed by atoms with Crippen molar-refractivity contribution in [3.8, 4) is 0 Å². The van der Waals surface area contributed by atoms with Gasteiger partial charge in [-0.1, -0.05) is 0 Å². The van der Waals surface area contributed by atoms with Crippen molar-refractivity contribution in [2.45, 2.75) is 13.3 Å². The van der Waals surface area contributed by atoms with Gasteiger partial charge >= 0.3 is 0 Å². The van der Waals surface area contributed by atoms with E-state index in [-0.39, 0.29) is 0 Å². The van der Waals surface area contributed by atoms with Crippen molar-refractivity contribution in [2.24, 2.45) is 10.9 Å². The first-order valence-corrected chi connectivity index (χ1v) is 6.47. The molecule has 0 aromatic heterocycles. The van der Waals surface area contributed by atoms with Gasteiger partial charge in [0.25, 0.3) is 0 Å². The van der Waals surface area contributed by atoms with Crippen molar-refractivity contribution >= 4 is 5.96 Å². The summed E-state index contributed by atoms with van der Waals surface area (Å²) in [5.74, 6) is 1.62. The number of guanidine groups is 1. The quantitative estimate of drug-likeness (QED) is 0.395. The van der Waals surface area contributed by atoms with Crippen molar-refractivity contribution in [3.05, 3.63) is 0 Å². The van der Waals surface area contributed by atoms with Crippen molar-refractivity contribution in [3.63, 3.8) is 0 Å². The normalized spacial score (nSPS) is 21.8. The Morgan fingerprint density at radius 1 is 1.47 bits per heavy atom. The molecule has 0 aliphatic carbocycles. The van der Waals surface area contributed by atoms with E-state index in [2.05, 4.69) is 27.6 Å². The second-order valence-electron chi connectivity index (χ2n) is 4.49. The summed E-state index contributed by atoms with van der Waals surface area (Å²) in [7, 11) is 3.98. The van der Waals surface area contributed by atoms with E-state index in [4.69, 9.17) is 4.74 Å². The molecule has 2 N–H and O–H groups in total. The minimum absolute atomic E-state index is 0.726. The smallest absolute Gasteiger partial charge is 0.191 e. The maximum Gasteiger partial charge on any atom is 0.191 e. The molecule has 1 atom stereocenters. The van der Waals surface area contributed by atoms with Gasteiger partial charge in [-0.15, -0.1) is 0 Å². The maximum atomic E-state index is 5.27. The Labute approximate surface area is 105 Å². The van der Waals surface area contributed by atoms with Gasteiger partial charge in [0.2, 0.25) is 0 Å². The maximum absolute atomic E-state index is 5.27. The Morgan fingerprint density at radius 2 is 2.29 bits per heavy atom. The molecule has 17 heavy (non-hydrogen) atoms. The van der Waals surface area contributed by atoms with Crippen LogP contribution in [0.3, 0.4) is 0 Å². The van der Waals surface area contributed by atoms with Crippen LogP contribution in [0.1, 0.15) is 13.3 Å². The Kier molecular flexibility index (Phi) is 6.96. The minimum atomic E-state index is 0.726. The van der Waals surface area contributed by atoms with Crippen LogP contribution in [0.5, 0.6) is 0 Å². The minimum Gasteiger partial charge on any atom is -0.380 e. The van der Waals surface area contributed by atoms with Crippen molar-refractivity contribution < 1.29 is 4.74 Å². The first kappa shape index (κ1) is 14.3. The highest BCUT2D eigenvalue weighted by Gasteiger charge is 2.19. The third kappa shape index (κ3) is 5.89. The van der Waals surface area contributed by atoms with E-state index in [1.54, 1.807) is 7.05 Å². The van der Waals surface area contributed by atoms with E-state index in [0.29, 0.717) is 0 Å². The molecule has 0 aromatic carbocycles. The third-order valence-electron chi connectivity index (χ3n) is 3.01. The van der Waals surface area contributed by atoms with E-state index < -0.39 is 0 Å². The SMILES string of the molecule is CCOCCNC(=NC)NCC1CCN(C)C1. The number of aliphatic imine (C=N–C) groups is 1. The summed E-state index contributed by atoms with van der Waals surface area (Å²) in [6, 6.07) is 0. The zero-order valence-electron chi connectivity index (χ0n) is 11.3. The molecule has 1 heterocycles. The van der Waals surface area contributed by atoms with E-state index in [1.165, 1.54) is 19.5 Å². The molecule has 1 rings (SSSR count). The molecule has 0 saturated carbocycles. The molecule has 5 heteroatoms. The summed E-state index contributed by atoms with van der Waals surface area (Å²) in [6.45, 7) is 7.69. The van der Waals surface area contributed by atoms with Crippen LogP contribution in [0.15, 0.2) is 4.99 Å². The van der Waals surface area contributed by atoms with E-state index in [0.717, 1.165) is 38.2 Å². The fourth-order valence-corrected chi connectivity index (χ4v) is 2.04. The number of nitrogens with zero attached hydrogens (tertiary/aromatic N) is 2. The Bertz CT molecular complexity index is 233. The van der Waals surface area contributed by atoms with E-state index in [9.17, 15) is 0 Å². The van der Waals surface area contributed by atoms with Crippen LogP contribution in [0.2, 0.25) is 0 Å². The monoisotopic (exact) mass is 242 g/mol. The summed E-state index contributed by atoms with van der Waals surface area (Å²) in [5.41, 5.74) is 0. The average Bonchev–Trinajstić information content (AvgIpc) is 2.74. The number of hydrogen-bond donors (Lipinski definition) is 2. The van der Waals surface area contributed by atoms with Gasteiger partial charge in [-0.25, -0.2) is 0 Å². The zero-order chi connectivity index (χ0) is 12.5. The van der Waals surface area contributed by atoms with Crippen molar-refractivity contribution in [1.82, 2.24) is 15.5 Å². The summed E-state index contributed by atoms with van der Waals surface area (Å²) in [5, 5.41) is 6.61. The van der Waals surface area contributed by atoms with Gasteiger partial charge in [-0.3, -0.25) is 4.99 Å². The lowest BCUT2D eigenvalue weighted by Crippen LogP contribution is -2.41. The van der Waals surface area contributed by atoms with Crippen LogP contribution in [-0.2, 0) is 4.74 Å². The van der Waals surface area contributed by atoms with Crippen LogP contribution in [0, 0.1) is 5.92 Å². The molecule has 0 radical (unpaired) electrons. The van der Waals surface area contributed by atoms with Gasteiger partial charge in [-0.2, -0.15) is 0 Å². The molecule has 0 amide bonds. The summed E-state index contributed by atoms with van der Waals surface area (Å²) in [6.07, 6.45) is 1.28. The molecular weight excluding hydrogens is 216 g/mol. The highest BCUT2D eigenvalue weighted by Crippen LogP contribution is 2.12. The summed E-state index contributed by atoms with van der Waals surface area (Å²) < 4.78 is 5.27. The largest absolute Gasteiger partial charge is 0.380 e. The predicted molar refractivity (Wildman–Crippen MR) is 71.5 cm³/mol. The van der Waals surface area contributed by atoms with Crippen LogP contribution in [0.25, 0.3) is 0 Å². The number of rotatable bonds is 6. The molecule has 1 unspecified atom stereocenters. The molecule has 1 fully saturated rings. The van der Waals surface area contributed by atoms with E-state index in [1.807, 2.05) is 6.92 Å². The number of likely N-dealkylation sites (tertiary alicyclic amines) is 1. The molecule has 1 aliphatic heterocycles. The molecular formula is C12H26N4O. The van der Waals surface area contributed by atoms with Gasteiger partial charge < -0.3 is 20.3 Å². The number of hydrogen-bond acceptors (Lipinski definition) is 3. The summed E-state index contributed by atoms with van der Waals surface area (Å²) >= 11 is 0. The lowest BCUT2D eigenvalue weighted by Gasteiger charge is -2.15. The molecule has 0 spiro atoms. The standard InChI is InChI=1S/C12H26N4O/c1-4-17-8-6-14-12(13-2)15-9-11-5-7-16(3)10-11/h11H,4-10H2,1-3H3,(H2,13,14,15). The molecule has 5 nitrogen and oxygen atoms in total. The highest BCUT2D eigenvalue weighted by molar-refractivity contribution is 5.79. The Morgan fingerprint density at radius 3 is 2.88 bits per heavy atom. The van der Waals surface area contributed by atoms with Crippen LogP contribution < -0.4 is 10.6 Å². The van der Waals surface area contributed by atoms with E-state index >= 15 is 0 Å². The molecule has 1 aliphatic rings. The average molecular weight is 242 g/mol. The Balaban J connectivity index is 2.10.